The van der Waals surface area contributed by atoms with Gasteiger partial charge in [0, 0.05) is 11.3 Å². The minimum Gasteiger partial charge on any atom is -0.293 e. The first kappa shape index (κ1) is 14.8. The van der Waals surface area contributed by atoms with E-state index in [9.17, 15) is 9.18 Å². The molecule has 0 bridgehead atoms. The number of benzene rings is 1. The quantitative estimate of drug-likeness (QED) is 0.799. The Morgan fingerprint density at radius 1 is 1.32 bits per heavy atom. The summed E-state index contributed by atoms with van der Waals surface area (Å²) in [7, 11) is 0. The van der Waals surface area contributed by atoms with Crippen LogP contribution in [0.15, 0.2) is 29.1 Å². The van der Waals surface area contributed by atoms with Crippen molar-refractivity contribution < 1.29 is 4.39 Å². The van der Waals surface area contributed by atoms with Crippen LogP contribution in [0.2, 0.25) is 5.02 Å². The van der Waals surface area contributed by atoms with Gasteiger partial charge in [0.15, 0.2) is 5.65 Å². The second kappa shape index (κ2) is 5.57. The number of nitrogens with zero attached hydrogens (tertiary/aromatic N) is 2. The number of rotatable bonds is 3. The molecule has 0 aliphatic carbocycles. The molecule has 0 aliphatic rings. The zero-order chi connectivity index (χ0) is 15.9. The first-order valence-electron chi connectivity index (χ1n) is 7.08. The molecule has 3 rings (SSSR count). The van der Waals surface area contributed by atoms with E-state index >= 15 is 0 Å². The fourth-order valence-electron chi connectivity index (χ4n) is 2.57. The Labute approximate surface area is 131 Å². The summed E-state index contributed by atoms with van der Waals surface area (Å²) in [6, 6.07) is 6.12. The third-order valence-electron chi connectivity index (χ3n) is 3.59. The van der Waals surface area contributed by atoms with E-state index in [1.54, 1.807) is 12.1 Å². The van der Waals surface area contributed by atoms with E-state index in [2.05, 4.69) is 10.1 Å². The average Bonchev–Trinajstić information content (AvgIpc) is 2.82. The number of H-pyrrole nitrogens is 1. The van der Waals surface area contributed by atoms with Crippen molar-refractivity contribution in [1.82, 2.24) is 14.6 Å². The molecule has 0 spiro atoms. The third kappa shape index (κ3) is 2.31. The third-order valence-corrected chi connectivity index (χ3v) is 3.97. The second-order valence-corrected chi connectivity index (χ2v) is 5.58. The summed E-state index contributed by atoms with van der Waals surface area (Å²) >= 11 is 6.11. The first-order chi connectivity index (χ1) is 10.5. The number of aromatic amines is 1. The zero-order valence-electron chi connectivity index (χ0n) is 12.3. The van der Waals surface area contributed by atoms with Crippen molar-refractivity contribution in [2.75, 3.05) is 0 Å². The van der Waals surface area contributed by atoms with Gasteiger partial charge in [0.1, 0.15) is 10.8 Å². The van der Waals surface area contributed by atoms with E-state index < -0.39 is 0 Å². The summed E-state index contributed by atoms with van der Waals surface area (Å²) in [6.45, 7) is 3.85. The van der Waals surface area contributed by atoms with Crippen LogP contribution < -0.4 is 5.56 Å². The highest BCUT2D eigenvalue weighted by atomic mass is 35.5. The lowest BCUT2D eigenvalue weighted by Gasteiger charge is -2.04. The molecule has 2 heterocycles. The molecule has 0 amide bonds. The maximum absolute atomic E-state index is 13.1. The number of fused-ring (bicyclic) bond motifs is 1. The predicted molar refractivity (Wildman–Crippen MR) is 84.9 cm³/mol. The van der Waals surface area contributed by atoms with Gasteiger partial charge in [-0.05, 0) is 31.0 Å². The van der Waals surface area contributed by atoms with E-state index in [0.29, 0.717) is 17.8 Å². The smallest absolute Gasteiger partial charge is 0.291 e. The molecule has 0 aliphatic heterocycles. The molecule has 0 unspecified atom stereocenters. The van der Waals surface area contributed by atoms with Crippen LogP contribution in [0.1, 0.15) is 24.7 Å². The van der Waals surface area contributed by atoms with Gasteiger partial charge in [0.25, 0.3) is 5.56 Å². The summed E-state index contributed by atoms with van der Waals surface area (Å²) in [6.07, 6.45) is 1.48. The highest BCUT2D eigenvalue weighted by Gasteiger charge is 2.17. The van der Waals surface area contributed by atoms with Crippen molar-refractivity contribution in [3.63, 3.8) is 0 Å². The molecular formula is C16H15ClFN3O. The Morgan fingerprint density at radius 2 is 2.00 bits per heavy atom. The van der Waals surface area contributed by atoms with Crippen molar-refractivity contribution in [3.8, 4) is 11.1 Å². The van der Waals surface area contributed by atoms with Crippen LogP contribution in [-0.2, 0) is 6.42 Å². The van der Waals surface area contributed by atoms with Crippen LogP contribution >= 0.6 is 11.6 Å². The van der Waals surface area contributed by atoms with Crippen LogP contribution in [0.4, 0.5) is 4.39 Å². The van der Waals surface area contributed by atoms with E-state index in [4.69, 9.17) is 11.6 Å². The van der Waals surface area contributed by atoms with Gasteiger partial charge in [0.2, 0.25) is 0 Å². The lowest BCUT2D eigenvalue weighted by Crippen LogP contribution is -2.18. The molecule has 0 radical (unpaired) electrons. The summed E-state index contributed by atoms with van der Waals surface area (Å²) < 4.78 is 14.5. The van der Waals surface area contributed by atoms with Gasteiger partial charge in [-0.25, -0.2) is 9.37 Å². The van der Waals surface area contributed by atoms with Crippen LogP contribution in [0.5, 0.6) is 0 Å². The van der Waals surface area contributed by atoms with Crippen molar-refractivity contribution in [1.29, 1.82) is 0 Å². The SMILES string of the molecule is CCCc1nc2c(-c3ccc(F)cc3)c(C)[nH]n2c(=O)c1Cl. The molecular weight excluding hydrogens is 305 g/mol. The summed E-state index contributed by atoms with van der Waals surface area (Å²) in [5, 5.41) is 3.13. The van der Waals surface area contributed by atoms with Gasteiger partial charge < -0.3 is 0 Å². The van der Waals surface area contributed by atoms with E-state index in [0.717, 1.165) is 23.2 Å². The van der Waals surface area contributed by atoms with Gasteiger partial charge in [0.05, 0.1) is 5.69 Å². The van der Waals surface area contributed by atoms with Gasteiger partial charge in [-0.15, -0.1) is 0 Å². The van der Waals surface area contributed by atoms with Crippen molar-refractivity contribution in [3.05, 3.63) is 56.8 Å². The van der Waals surface area contributed by atoms with Gasteiger partial charge in [-0.2, -0.15) is 4.52 Å². The topological polar surface area (TPSA) is 50.2 Å². The molecule has 0 fully saturated rings. The van der Waals surface area contributed by atoms with Crippen molar-refractivity contribution in [2.24, 2.45) is 0 Å². The number of aromatic nitrogens is 3. The van der Waals surface area contributed by atoms with Crippen LogP contribution in [0.3, 0.4) is 0 Å². The lowest BCUT2D eigenvalue weighted by atomic mass is 10.1. The molecule has 6 heteroatoms. The molecule has 0 saturated carbocycles. The molecule has 1 aromatic carbocycles. The number of aryl methyl sites for hydroxylation is 2. The maximum Gasteiger partial charge on any atom is 0.291 e. The predicted octanol–water partition coefficient (Wildman–Crippen LogP) is 3.74. The Bertz CT molecular complexity index is 896. The highest BCUT2D eigenvalue weighted by Crippen LogP contribution is 2.27. The fraction of sp³-hybridized carbons (Fsp3) is 0.250. The molecule has 4 nitrogen and oxygen atoms in total. The standard InChI is InChI=1S/C16H15ClFN3O/c1-3-4-12-14(17)16(22)21-15(19-12)13(9(2)20-21)10-5-7-11(18)8-6-10/h5-8,20H,3-4H2,1-2H3. The molecule has 0 saturated heterocycles. The van der Waals surface area contributed by atoms with Crippen LogP contribution in [0, 0.1) is 12.7 Å². The van der Waals surface area contributed by atoms with E-state index in [1.165, 1.54) is 16.6 Å². The Morgan fingerprint density at radius 3 is 2.64 bits per heavy atom. The fourth-order valence-corrected chi connectivity index (χ4v) is 2.79. The van der Waals surface area contributed by atoms with Crippen molar-refractivity contribution >= 4 is 17.2 Å². The summed E-state index contributed by atoms with van der Waals surface area (Å²) in [5.41, 5.74) is 3.16. The van der Waals surface area contributed by atoms with Crippen molar-refractivity contribution in [2.45, 2.75) is 26.7 Å². The molecule has 1 N–H and O–H groups in total. The minimum absolute atomic E-state index is 0.145. The average molecular weight is 320 g/mol. The Hall–Kier alpha value is -2.14. The normalized spacial score (nSPS) is 11.3. The number of hydrogen-bond donors (Lipinski definition) is 1. The Kier molecular flexibility index (Phi) is 3.74. The summed E-state index contributed by atoms with van der Waals surface area (Å²) in [4.78, 5) is 16.9. The molecule has 2 aromatic heterocycles. The van der Waals surface area contributed by atoms with E-state index in [1.807, 2.05) is 13.8 Å². The molecule has 114 valence electrons. The van der Waals surface area contributed by atoms with Gasteiger partial charge in [-0.1, -0.05) is 37.1 Å². The van der Waals surface area contributed by atoms with Gasteiger partial charge >= 0.3 is 0 Å². The number of hydrogen-bond acceptors (Lipinski definition) is 2. The Balaban J connectivity index is 2.33. The summed E-state index contributed by atoms with van der Waals surface area (Å²) in [5.74, 6) is -0.305. The monoisotopic (exact) mass is 319 g/mol. The largest absolute Gasteiger partial charge is 0.293 e. The molecule has 3 aromatic rings. The van der Waals surface area contributed by atoms with Crippen LogP contribution in [-0.4, -0.2) is 14.6 Å². The van der Waals surface area contributed by atoms with Crippen LogP contribution in [0.25, 0.3) is 16.8 Å². The second-order valence-electron chi connectivity index (χ2n) is 5.21. The zero-order valence-corrected chi connectivity index (χ0v) is 13.0. The lowest BCUT2D eigenvalue weighted by molar-refractivity contribution is 0.628. The number of nitrogens with one attached hydrogen (secondary N) is 1. The maximum atomic E-state index is 13.1. The molecule has 22 heavy (non-hydrogen) atoms. The molecule has 0 atom stereocenters. The van der Waals surface area contributed by atoms with Gasteiger partial charge in [-0.3, -0.25) is 9.89 Å². The first-order valence-corrected chi connectivity index (χ1v) is 7.46. The van der Waals surface area contributed by atoms with E-state index in [-0.39, 0.29) is 16.4 Å². The highest BCUT2D eigenvalue weighted by molar-refractivity contribution is 6.31. The number of halogens is 2. The minimum atomic E-state index is -0.313.